The van der Waals surface area contributed by atoms with Crippen LogP contribution in [0.2, 0.25) is 0 Å². The summed E-state index contributed by atoms with van der Waals surface area (Å²) in [5, 5.41) is 0. The summed E-state index contributed by atoms with van der Waals surface area (Å²) in [5.74, 6) is 0. The molecule has 100 valence electrons. The Morgan fingerprint density at radius 3 is 2.61 bits per heavy atom. The van der Waals surface area contributed by atoms with Crippen LogP contribution < -0.4 is 5.73 Å². The molecular weight excluding hydrogens is 222 g/mol. The van der Waals surface area contributed by atoms with Gasteiger partial charge in [0.1, 0.15) is 0 Å². The molecule has 1 fully saturated rings. The number of nitrogens with zero attached hydrogens (tertiary/aromatic N) is 2. The Balaban J connectivity index is 2.22. The first-order valence-electron chi connectivity index (χ1n) is 6.90. The SMILES string of the molecule is CC(C)(C)C(CN)N1CCCC1c1ccncc1. The third-order valence-corrected chi connectivity index (χ3v) is 4.01. The molecule has 0 amide bonds. The van der Waals surface area contributed by atoms with Gasteiger partial charge in [-0.2, -0.15) is 0 Å². The summed E-state index contributed by atoms with van der Waals surface area (Å²) in [7, 11) is 0. The maximum absolute atomic E-state index is 6.03. The van der Waals surface area contributed by atoms with Gasteiger partial charge in [0.05, 0.1) is 0 Å². The second kappa shape index (κ2) is 5.37. The van der Waals surface area contributed by atoms with Crippen LogP contribution in [0, 0.1) is 5.41 Å². The maximum Gasteiger partial charge on any atom is 0.0353 e. The van der Waals surface area contributed by atoms with Gasteiger partial charge in [-0.3, -0.25) is 9.88 Å². The van der Waals surface area contributed by atoms with Crippen LogP contribution in [-0.4, -0.2) is 29.0 Å². The van der Waals surface area contributed by atoms with Gasteiger partial charge in [-0.25, -0.2) is 0 Å². The molecule has 1 saturated heterocycles. The molecule has 0 radical (unpaired) electrons. The first kappa shape index (κ1) is 13.5. The van der Waals surface area contributed by atoms with Gasteiger partial charge in [0, 0.05) is 31.0 Å². The van der Waals surface area contributed by atoms with Crippen LogP contribution >= 0.6 is 0 Å². The standard InChI is InChI=1S/C15H25N3/c1-15(2,3)14(11-16)18-10-4-5-13(18)12-6-8-17-9-7-12/h6-9,13-14H,4-5,10-11,16H2,1-3H3. The molecule has 18 heavy (non-hydrogen) atoms. The molecule has 2 rings (SSSR count). The van der Waals surface area contributed by atoms with Crippen LogP contribution in [0.4, 0.5) is 0 Å². The van der Waals surface area contributed by atoms with E-state index in [2.05, 4.69) is 42.8 Å². The molecule has 2 heterocycles. The van der Waals surface area contributed by atoms with Crippen molar-refractivity contribution in [2.45, 2.75) is 45.7 Å². The lowest BCUT2D eigenvalue weighted by molar-refractivity contribution is 0.0927. The summed E-state index contributed by atoms with van der Waals surface area (Å²) >= 11 is 0. The highest BCUT2D eigenvalue weighted by molar-refractivity contribution is 5.17. The van der Waals surface area contributed by atoms with Gasteiger partial charge in [0.2, 0.25) is 0 Å². The normalized spacial score (nSPS) is 23.2. The van der Waals surface area contributed by atoms with Crippen LogP contribution in [-0.2, 0) is 0 Å². The first-order chi connectivity index (χ1) is 8.54. The molecule has 2 atom stereocenters. The highest BCUT2D eigenvalue weighted by atomic mass is 15.2. The quantitative estimate of drug-likeness (QED) is 0.892. The lowest BCUT2D eigenvalue weighted by Gasteiger charge is -2.40. The van der Waals surface area contributed by atoms with E-state index in [1.54, 1.807) is 0 Å². The second-order valence-electron chi connectivity index (χ2n) is 6.29. The average molecular weight is 247 g/mol. The minimum atomic E-state index is 0.227. The van der Waals surface area contributed by atoms with Crippen molar-refractivity contribution < 1.29 is 0 Å². The highest BCUT2D eigenvalue weighted by Crippen LogP contribution is 2.37. The van der Waals surface area contributed by atoms with Crippen molar-refractivity contribution in [2.75, 3.05) is 13.1 Å². The molecule has 0 saturated carbocycles. The molecule has 1 aromatic heterocycles. The van der Waals surface area contributed by atoms with Gasteiger partial charge in [0.25, 0.3) is 0 Å². The van der Waals surface area contributed by atoms with E-state index in [1.807, 2.05) is 12.4 Å². The van der Waals surface area contributed by atoms with E-state index in [0.717, 1.165) is 13.1 Å². The Hall–Kier alpha value is -0.930. The third-order valence-electron chi connectivity index (χ3n) is 4.01. The topological polar surface area (TPSA) is 42.1 Å². The molecular formula is C15H25N3. The van der Waals surface area contributed by atoms with E-state index in [0.29, 0.717) is 12.1 Å². The number of likely N-dealkylation sites (tertiary alicyclic amines) is 1. The van der Waals surface area contributed by atoms with Crippen LogP contribution in [0.1, 0.15) is 45.2 Å². The number of hydrogen-bond donors (Lipinski definition) is 1. The van der Waals surface area contributed by atoms with Crippen LogP contribution in [0.25, 0.3) is 0 Å². The Bertz CT molecular complexity index is 369. The monoisotopic (exact) mass is 247 g/mol. The molecule has 0 spiro atoms. The van der Waals surface area contributed by atoms with E-state index >= 15 is 0 Å². The lowest BCUT2D eigenvalue weighted by Crippen LogP contribution is -2.48. The summed E-state index contributed by atoms with van der Waals surface area (Å²) < 4.78 is 0. The number of rotatable bonds is 3. The molecule has 1 aliphatic rings. The molecule has 0 aliphatic carbocycles. The first-order valence-corrected chi connectivity index (χ1v) is 6.90. The summed E-state index contributed by atoms with van der Waals surface area (Å²) in [4.78, 5) is 6.70. The number of aromatic nitrogens is 1. The van der Waals surface area contributed by atoms with Gasteiger partial charge in [0.15, 0.2) is 0 Å². The van der Waals surface area contributed by atoms with Crippen molar-refractivity contribution in [3.63, 3.8) is 0 Å². The van der Waals surface area contributed by atoms with Crippen molar-refractivity contribution in [3.05, 3.63) is 30.1 Å². The van der Waals surface area contributed by atoms with Crippen molar-refractivity contribution >= 4 is 0 Å². The van der Waals surface area contributed by atoms with Crippen LogP contribution in [0.3, 0.4) is 0 Å². The van der Waals surface area contributed by atoms with E-state index in [1.165, 1.54) is 18.4 Å². The van der Waals surface area contributed by atoms with Gasteiger partial charge >= 0.3 is 0 Å². The van der Waals surface area contributed by atoms with Crippen molar-refractivity contribution in [3.8, 4) is 0 Å². The fourth-order valence-electron chi connectivity index (χ4n) is 3.09. The smallest absolute Gasteiger partial charge is 0.0353 e. The van der Waals surface area contributed by atoms with Crippen LogP contribution in [0.5, 0.6) is 0 Å². The summed E-state index contributed by atoms with van der Waals surface area (Å²) in [5.41, 5.74) is 7.63. The summed E-state index contributed by atoms with van der Waals surface area (Å²) in [6.45, 7) is 8.74. The molecule has 2 unspecified atom stereocenters. The summed E-state index contributed by atoms with van der Waals surface area (Å²) in [6.07, 6.45) is 6.27. The number of hydrogen-bond acceptors (Lipinski definition) is 3. The Morgan fingerprint density at radius 2 is 2.06 bits per heavy atom. The predicted octanol–water partition coefficient (Wildman–Crippen LogP) is 2.59. The zero-order valence-electron chi connectivity index (χ0n) is 11.8. The zero-order chi connectivity index (χ0) is 13.2. The molecule has 1 aliphatic heterocycles. The van der Waals surface area contributed by atoms with Crippen LogP contribution in [0.15, 0.2) is 24.5 Å². The molecule has 0 bridgehead atoms. The third kappa shape index (κ3) is 2.73. The molecule has 1 aromatic rings. The minimum absolute atomic E-state index is 0.227. The molecule has 0 aromatic carbocycles. The van der Waals surface area contributed by atoms with E-state index in [-0.39, 0.29) is 5.41 Å². The van der Waals surface area contributed by atoms with E-state index < -0.39 is 0 Å². The van der Waals surface area contributed by atoms with Crippen molar-refractivity contribution in [1.29, 1.82) is 0 Å². The largest absolute Gasteiger partial charge is 0.329 e. The van der Waals surface area contributed by atoms with Gasteiger partial charge in [-0.15, -0.1) is 0 Å². The fraction of sp³-hybridized carbons (Fsp3) is 0.667. The maximum atomic E-state index is 6.03. The Labute approximate surface area is 110 Å². The van der Waals surface area contributed by atoms with E-state index in [9.17, 15) is 0 Å². The van der Waals surface area contributed by atoms with Crippen molar-refractivity contribution in [1.82, 2.24) is 9.88 Å². The average Bonchev–Trinajstić information content (AvgIpc) is 2.78. The molecule has 2 N–H and O–H groups in total. The fourth-order valence-corrected chi connectivity index (χ4v) is 3.09. The van der Waals surface area contributed by atoms with Gasteiger partial charge in [-0.1, -0.05) is 20.8 Å². The summed E-state index contributed by atoms with van der Waals surface area (Å²) in [6, 6.07) is 5.23. The molecule has 3 nitrogen and oxygen atoms in total. The number of nitrogens with two attached hydrogens (primary N) is 1. The van der Waals surface area contributed by atoms with Gasteiger partial charge < -0.3 is 5.73 Å². The molecule has 3 heteroatoms. The minimum Gasteiger partial charge on any atom is -0.329 e. The zero-order valence-corrected chi connectivity index (χ0v) is 11.8. The van der Waals surface area contributed by atoms with Gasteiger partial charge in [-0.05, 0) is 42.5 Å². The number of pyridine rings is 1. The lowest BCUT2D eigenvalue weighted by atomic mass is 9.85. The Morgan fingerprint density at radius 1 is 1.39 bits per heavy atom. The Kier molecular flexibility index (Phi) is 4.03. The predicted molar refractivity (Wildman–Crippen MR) is 75.2 cm³/mol. The van der Waals surface area contributed by atoms with E-state index in [4.69, 9.17) is 5.73 Å². The highest BCUT2D eigenvalue weighted by Gasteiger charge is 2.36. The second-order valence-corrected chi connectivity index (χ2v) is 6.29. The van der Waals surface area contributed by atoms with Crippen molar-refractivity contribution in [2.24, 2.45) is 11.1 Å².